The Morgan fingerprint density at radius 1 is 1.00 bits per heavy atom. The van der Waals surface area contributed by atoms with Crippen LogP contribution in [-0.4, -0.2) is 13.9 Å². The monoisotopic (exact) mass is 228 g/mol. The van der Waals surface area contributed by atoms with Crippen LogP contribution in [0.1, 0.15) is 48.5 Å². The Bertz CT molecular complexity index is 241. The fourth-order valence-corrected chi connectivity index (χ4v) is 1.34. The lowest BCUT2D eigenvalue weighted by molar-refractivity contribution is 0.581. The maximum atomic E-state index is 4.56. The molecule has 0 bridgehead atoms. The van der Waals surface area contributed by atoms with Crippen molar-refractivity contribution in [2.75, 3.05) is 0 Å². The van der Waals surface area contributed by atoms with E-state index in [1.54, 1.807) is 0 Å². The highest BCUT2D eigenvalue weighted by molar-refractivity contribution is 6.77. The highest BCUT2D eigenvalue weighted by Gasteiger charge is 2.35. The molecule has 0 aliphatic carbocycles. The second-order valence-corrected chi connectivity index (χ2v) is 11.9. The Balaban J connectivity index is 4.65. The molecule has 15 heavy (non-hydrogen) atoms. The second kappa shape index (κ2) is 4.28. The molecule has 0 amide bonds. The molecule has 1 N–H and O–H groups in total. The van der Waals surface area contributed by atoms with Crippen LogP contribution in [0.15, 0.2) is 5.10 Å². The van der Waals surface area contributed by atoms with Crippen LogP contribution >= 0.6 is 0 Å². The van der Waals surface area contributed by atoms with Crippen molar-refractivity contribution in [3.63, 3.8) is 0 Å². The van der Waals surface area contributed by atoms with Crippen molar-refractivity contribution in [3.05, 3.63) is 0 Å². The summed E-state index contributed by atoms with van der Waals surface area (Å²) < 4.78 is 0. The molecule has 0 aromatic carbocycles. The summed E-state index contributed by atoms with van der Waals surface area (Å²) in [6.07, 6.45) is 0. The second-order valence-electron chi connectivity index (χ2n) is 6.93. The van der Waals surface area contributed by atoms with Crippen LogP contribution in [-0.2, 0) is 0 Å². The maximum absolute atomic E-state index is 4.56. The van der Waals surface area contributed by atoms with Gasteiger partial charge in [-0.1, -0.05) is 41.5 Å². The quantitative estimate of drug-likeness (QED) is 0.431. The van der Waals surface area contributed by atoms with Crippen LogP contribution in [0.5, 0.6) is 0 Å². The first-order chi connectivity index (χ1) is 6.38. The molecule has 0 saturated carbocycles. The zero-order valence-electron chi connectivity index (χ0n) is 11.9. The molecule has 0 unspecified atom stereocenters. The smallest absolute Gasteiger partial charge is 0.173 e. The molecule has 0 aromatic rings. The largest absolute Gasteiger partial charge is 0.336 e. The first-order valence-electron chi connectivity index (χ1n) is 5.70. The van der Waals surface area contributed by atoms with Gasteiger partial charge in [0.05, 0.1) is 0 Å². The summed E-state index contributed by atoms with van der Waals surface area (Å²) in [5.74, 6) is 0. The van der Waals surface area contributed by atoms with Crippen molar-refractivity contribution in [3.8, 4) is 0 Å². The predicted octanol–water partition coefficient (Wildman–Crippen LogP) is 4.00. The molecule has 3 heteroatoms. The standard InChI is InChI=1S/C12H28N2Si/c1-10(11(2,3)4)13-14-15(8,9)12(5,6)7/h14H,1-9H3/b13-10+. The zero-order chi connectivity index (χ0) is 12.5. The molecule has 0 aliphatic heterocycles. The molecule has 0 heterocycles. The molecule has 0 radical (unpaired) electrons. The highest BCUT2D eigenvalue weighted by Crippen LogP contribution is 2.33. The number of nitrogens with zero attached hydrogens (tertiary/aromatic N) is 1. The summed E-state index contributed by atoms with van der Waals surface area (Å²) in [5.41, 5.74) is 1.34. The third kappa shape index (κ3) is 4.37. The lowest BCUT2D eigenvalue weighted by Crippen LogP contribution is -2.50. The van der Waals surface area contributed by atoms with E-state index in [9.17, 15) is 0 Å². The summed E-state index contributed by atoms with van der Waals surface area (Å²) in [4.78, 5) is 0. The zero-order valence-corrected chi connectivity index (χ0v) is 12.9. The molecule has 0 spiro atoms. The summed E-state index contributed by atoms with van der Waals surface area (Å²) in [6, 6.07) is 0. The average molecular weight is 228 g/mol. The van der Waals surface area contributed by atoms with Gasteiger partial charge >= 0.3 is 0 Å². The molecule has 0 aliphatic rings. The van der Waals surface area contributed by atoms with E-state index in [2.05, 4.69) is 71.8 Å². The Morgan fingerprint density at radius 2 is 1.40 bits per heavy atom. The summed E-state index contributed by atoms with van der Waals surface area (Å²) in [6.45, 7) is 20.2. The number of hydrogen-bond donors (Lipinski definition) is 1. The molecule has 0 atom stereocenters. The van der Waals surface area contributed by atoms with Crippen LogP contribution in [0.3, 0.4) is 0 Å². The van der Waals surface area contributed by atoms with Gasteiger partial charge < -0.3 is 5.09 Å². The molecular weight excluding hydrogens is 200 g/mol. The van der Waals surface area contributed by atoms with Gasteiger partial charge in [-0.05, 0) is 25.1 Å². The lowest BCUT2D eigenvalue weighted by Gasteiger charge is -2.36. The van der Waals surface area contributed by atoms with Gasteiger partial charge in [-0.2, -0.15) is 5.10 Å². The molecule has 0 aromatic heterocycles. The number of hydrogen-bond acceptors (Lipinski definition) is 2. The van der Waals surface area contributed by atoms with Gasteiger partial charge in [0.1, 0.15) is 0 Å². The van der Waals surface area contributed by atoms with E-state index in [4.69, 9.17) is 0 Å². The van der Waals surface area contributed by atoms with Gasteiger partial charge in [0.2, 0.25) is 0 Å². The highest BCUT2D eigenvalue weighted by atomic mass is 28.3. The van der Waals surface area contributed by atoms with E-state index >= 15 is 0 Å². The first kappa shape index (κ1) is 14.7. The predicted molar refractivity (Wildman–Crippen MR) is 72.9 cm³/mol. The van der Waals surface area contributed by atoms with Crippen molar-refractivity contribution in [1.82, 2.24) is 5.09 Å². The maximum Gasteiger partial charge on any atom is 0.173 e. The Kier molecular flexibility index (Phi) is 4.19. The van der Waals surface area contributed by atoms with Crippen molar-refractivity contribution in [1.29, 1.82) is 0 Å². The van der Waals surface area contributed by atoms with Crippen molar-refractivity contribution in [2.45, 2.75) is 66.6 Å². The average Bonchev–Trinajstić information content (AvgIpc) is 1.96. The fourth-order valence-electron chi connectivity index (χ4n) is 0.559. The Morgan fingerprint density at radius 3 is 1.67 bits per heavy atom. The molecular formula is C12H28N2Si. The van der Waals surface area contributed by atoms with Crippen LogP contribution in [0.25, 0.3) is 0 Å². The van der Waals surface area contributed by atoms with Crippen LogP contribution in [0.4, 0.5) is 0 Å². The van der Waals surface area contributed by atoms with Crippen molar-refractivity contribution >= 4 is 13.9 Å². The van der Waals surface area contributed by atoms with E-state index in [1.165, 1.54) is 5.71 Å². The topological polar surface area (TPSA) is 24.4 Å². The van der Waals surface area contributed by atoms with Gasteiger partial charge in [-0.15, -0.1) is 0 Å². The van der Waals surface area contributed by atoms with Crippen LogP contribution < -0.4 is 5.09 Å². The van der Waals surface area contributed by atoms with Crippen molar-refractivity contribution in [2.24, 2.45) is 10.5 Å². The van der Waals surface area contributed by atoms with Crippen LogP contribution in [0, 0.1) is 5.41 Å². The summed E-state index contributed by atoms with van der Waals surface area (Å²) in [5, 5.41) is 8.32. The molecule has 0 rings (SSSR count). The molecule has 0 saturated heterocycles. The summed E-state index contributed by atoms with van der Waals surface area (Å²) >= 11 is 0. The lowest BCUT2D eigenvalue weighted by atomic mass is 9.91. The minimum Gasteiger partial charge on any atom is -0.336 e. The molecule has 90 valence electrons. The van der Waals surface area contributed by atoms with E-state index in [0.29, 0.717) is 5.04 Å². The first-order valence-corrected chi connectivity index (χ1v) is 8.70. The van der Waals surface area contributed by atoms with Crippen molar-refractivity contribution < 1.29 is 0 Å². The van der Waals surface area contributed by atoms with Gasteiger partial charge in [-0.25, -0.2) is 0 Å². The number of hydrazone groups is 1. The van der Waals surface area contributed by atoms with Gasteiger partial charge in [0, 0.05) is 11.1 Å². The minimum atomic E-state index is -1.48. The van der Waals surface area contributed by atoms with Crippen LogP contribution in [0.2, 0.25) is 18.1 Å². The van der Waals surface area contributed by atoms with Gasteiger partial charge in [0.15, 0.2) is 8.24 Å². The van der Waals surface area contributed by atoms with E-state index in [-0.39, 0.29) is 5.41 Å². The van der Waals surface area contributed by atoms with E-state index in [1.807, 2.05) is 0 Å². The summed E-state index contributed by atoms with van der Waals surface area (Å²) in [7, 11) is -1.48. The fraction of sp³-hybridized carbons (Fsp3) is 0.917. The van der Waals surface area contributed by atoms with E-state index in [0.717, 1.165) is 0 Å². The third-order valence-corrected chi connectivity index (χ3v) is 7.88. The van der Waals surface area contributed by atoms with E-state index < -0.39 is 8.24 Å². The minimum absolute atomic E-state index is 0.162. The normalized spacial score (nSPS) is 15.4. The Labute approximate surface area is 96.6 Å². The number of rotatable bonds is 2. The molecule has 0 fully saturated rings. The third-order valence-electron chi connectivity index (χ3n) is 3.46. The Hall–Kier alpha value is -0.313. The van der Waals surface area contributed by atoms with Gasteiger partial charge in [-0.3, -0.25) is 0 Å². The number of nitrogens with one attached hydrogen (secondary N) is 1. The van der Waals surface area contributed by atoms with Gasteiger partial charge in [0.25, 0.3) is 0 Å². The molecule has 2 nitrogen and oxygen atoms in total. The SMILES string of the molecule is C/C(=N\N[Si](C)(C)C(C)(C)C)C(C)(C)C.